The molecule has 3 nitrogen and oxygen atoms in total. The van der Waals surface area contributed by atoms with Gasteiger partial charge in [-0.25, -0.2) is 0 Å². The van der Waals surface area contributed by atoms with E-state index in [1.807, 2.05) is 6.20 Å². The Morgan fingerprint density at radius 3 is 2.50 bits per heavy atom. The predicted molar refractivity (Wildman–Crippen MR) is 97.7 cm³/mol. The van der Waals surface area contributed by atoms with E-state index in [4.69, 9.17) is 0 Å². The standard InChI is InChI=1S/C21H23N3/c1-2-5-18(6-3-1)19-10-8-17(9-11-19)15-24-14-4-7-20(16-24)21-12-13-22-23-21/h1-3,5-6,8-13,20H,4,7,14-16H2,(H,22,23). The van der Waals surface area contributed by atoms with Gasteiger partial charge in [-0.2, -0.15) is 5.10 Å². The Labute approximate surface area is 143 Å². The van der Waals surface area contributed by atoms with E-state index in [2.05, 4.69) is 75.8 Å². The molecule has 1 aliphatic rings. The van der Waals surface area contributed by atoms with Gasteiger partial charge in [-0.05, 0) is 42.1 Å². The summed E-state index contributed by atoms with van der Waals surface area (Å²) in [5.41, 5.74) is 5.23. The minimum Gasteiger partial charge on any atom is -0.298 e. The van der Waals surface area contributed by atoms with Crippen molar-refractivity contribution in [1.29, 1.82) is 0 Å². The van der Waals surface area contributed by atoms with E-state index in [-0.39, 0.29) is 0 Å². The van der Waals surface area contributed by atoms with Crippen LogP contribution in [0.1, 0.15) is 30.0 Å². The van der Waals surface area contributed by atoms with Gasteiger partial charge >= 0.3 is 0 Å². The largest absolute Gasteiger partial charge is 0.298 e. The van der Waals surface area contributed by atoms with Crippen molar-refractivity contribution in [3.63, 3.8) is 0 Å². The Morgan fingerprint density at radius 2 is 1.75 bits per heavy atom. The Kier molecular flexibility index (Phi) is 4.43. The van der Waals surface area contributed by atoms with Gasteiger partial charge in [-0.3, -0.25) is 10.00 Å². The highest BCUT2D eigenvalue weighted by Crippen LogP contribution is 2.26. The van der Waals surface area contributed by atoms with E-state index < -0.39 is 0 Å². The number of piperidine rings is 1. The molecule has 1 atom stereocenters. The normalized spacial score (nSPS) is 18.6. The van der Waals surface area contributed by atoms with E-state index in [0.717, 1.165) is 13.1 Å². The van der Waals surface area contributed by atoms with Crippen LogP contribution < -0.4 is 0 Å². The molecule has 1 fully saturated rings. The molecule has 0 spiro atoms. The molecule has 1 saturated heterocycles. The molecule has 122 valence electrons. The van der Waals surface area contributed by atoms with Gasteiger partial charge in [-0.1, -0.05) is 54.6 Å². The van der Waals surface area contributed by atoms with Crippen LogP contribution in [0.2, 0.25) is 0 Å². The summed E-state index contributed by atoms with van der Waals surface area (Å²) in [6.07, 6.45) is 4.37. The molecule has 0 saturated carbocycles. The number of H-pyrrole nitrogens is 1. The summed E-state index contributed by atoms with van der Waals surface area (Å²) in [6.45, 7) is 3.33. The molecule has 4 rings (SSSR count). The second kappa shape index (κ2) is 7.02. The first-order chi connectivity index (χ1) is 11.9. The molecule has 1 N–H and O–H groups in total. The van der Waals surface area contributed by atoms with Gasteiger partial charge in [0.05, 0.1) is 0 Å². The molecule has 0 amide bonds. The van der Waals surface area contributed by atoms with Crippen molar-refractivity contribution in [2.24, 2.45) is 0 Å². The van der Waals surface area contributed by atoms with E-state index in [0.29, 0.717) is 5.92 Å². The zero-order valence-corrected chi connectivity index (χ0v) is 13.9. The van der Waals surface area contributed by atoms with Gasteiger partial charge in [0.25, 0.3) is 0 Å². The smallest absolute Gasteiger partial charge is 0.0490 e. The van der Waals surface area contributed by atoms with Crippen molar-refractivity contribution >= 4 is 0 Å². The fourth-order valence-corrected chi connectivity index (χ4v) is 3.64. The molecule has 0 radical (unpaired) electrons. The van der Waals surface area contributed by atoms with Gasteiger partial charge in [-0.15, -0.1) is 0 Å². The lowest BCUT2D eigenvalue weighted by atomic mass is 9.94. The number of benzene rings is 2. The average molecular weight is 317 g/mol. The third-order valence-electron chi connectivity index (χ3n) is 4.93. The fraction of sp³-hybridized carbons (Fsp3) is 0.286. The highest BCUT2D eigenvalue weighted by molar-refractivity contribution is 5.63. The van der Waals surface area contributed by atoms with Crippen LogP contribution in [-0.2, 0) is 6.54 Å². The van der Waals surface area contributed by atoms with Gasteiger partial charge in [0.2, 0.25) is 0 Å². The van der Waals surface area contributed by atoms with Gasteiger partial charge in [0.15, 0.2) is 0 Å². The summed E-state index contributed by atoms with van der Waals surface area (Å²) in [4.78, 5) is 2.56. The van der Waals surface area contributed by atoms with Crippen LogP contribution in [0.15, 0.2) is 66.9 Å². The Balaban J connectivity index is 1.42. The van der Waals surface area contributed by atoms with Crippen LogP contribution in [0.5, 0.6) is 0 Å². The highest BCUT2D eigenvalue weighted by atomic mass is 15.1. The lowest BCUT2D eigenvalue weighted by molar-refractivity contribution is 0.198. The summed E-state index contributed by atoms with van der Waals surface area (Å²) < 4.78 is 0. The number of aromatic amines is 1. The third-order valence-corrected chi connectivity index (χ3v) is 4.93. The van der Waals surface area contributed by atoms with E-state index in [9.17, 15) is 0 Å². The zero-order chi connectivity index (χ0) is 16.2. The lowest BCUT2D eigenvalue weighted by Crippen LogP contribution is -2.34. The maximum atomic E-state index is 4.10. The van der Waals surface area contributed by atoms with E-state index in [1.54, 1.807) is 0 Å². The molecular formula is C21H23N3. The molecule has 3 heteroatoms. The minimum atomic E-state index is 0.588. The quantitative estimate of drug-likeness (QED) is 0.770. The number of aromatic nitrogens is 2. The Hall–Kier alpha value is -2.39. The zero-order valence-electron chi connectivity index (χ0n) is 13.9. The number of nitrogens with zero attached hydrogens (tertiary/aromatic N) is 2. The SMILES string of the molecule is c1ccc(-c2ccc(CN3CCCC(c4ccn[nH]4)C3)cc2)cc1. The van der Waals surface area contributed by atoms with Crippen molar-refractivity contribution in [2.45, 2.75) is 25.3 Å². The number of rotatable bonds is 4. The second-order valence-electron chi connectivity index (χ2n) is 6.65. The summed E-state index contributed by atoms with van der Waals surface area (Å²) in [5, 5.41) is 7.24. The minimum absolute atomic E-state index is 0.588. The number of likely N-dealkylation sites (tertiary alicyclic amines) is 1. The van der Waals surface area contributed by atoms with Crippen molar-refractivity contribution < 1.29 is 0 Å². The first-order valence-corrected chi connectivity index (χ1v) is 8.74. The highest BCUT2D eigenvalue weighted by Gasteiger charge is 2.22. The average Bonchev–Trinajstić information content (AvgIpc) is 3.18. The third kappa shape index (κ3) is 3.41. The topological polar surface area (TPSA) is 31.9 Å². The van der Waals surface area contributed by atoms with E-state index >= 15 is 0 Å². The monoisotopic (exact) mass is 317 g/mol. The van der Waals surface area contributed by atoms with Crippen molar-refractivity contribution in [3.05, 3.63) is 78.1 Å². The van der Waals surface area contributed by atoms with Gasteiger partial charge in [0, 0.05) is 30.9 Å². The molecule has 0 bridgehead atoms. The number of hydrogen-bond donors (Lipinski definition) is 1. The first-order valence-electron chi connectivity index (χ1n) is 8.74. The predicted octanol–water partition coefficient (Wildman–Crippen LogP) is 4.46. The van der Waals surface area contributed by atoms with Crippen molar-refractivity contribution in [2.75, 3.05) is 13.1 Å². The van der Waals surface area contributed by atoms with Crippen LogP contribution in [0.4, 0.5) is 0 Å². The van der Waals surface area contributed by atoms with Gasteiger partial charge in [0.1, 0.15) is 0 Å². The molecule has 1 unspecified atom stereocenters. The van der Waals surface area contributed by atoms with Gasteiger partial charge < -0.3 is 0 Å². The molecule has 1 aromatic heterocycles. The second-order valence-corrected chi connectivity index (χ2v) is 6.65. The number of nitrogens with one attached hydrogen (secondary N) is 1. The van der Waals surface area contributed by atoms with Crippen molar-refractivity contribution in [1.82, 2.24) is 15.1 Å². The van der Waals surface area contributed by atoms with Crippen LogP contribution in [-0.4, -0.2) is 28.2 Å². The van der Waals surface area contributed by atoms with Crippen molar-refractivity contribution in [3.8, 4) is 11.1 Å². The summed E-state index contributed by atoms with van der Waals surface area (Å²) in [6, 6.07) is 21.7. The Morgan fingerprint density at radius 1 is 0.958 bits per heavy atom. The van der Waals surface area contributed by atoms with Crippen LogP contribution in [0.25, 0.3) is 11.1 Å². The maximum Gasteiger partial charge on any atom is 0.0490 e. The van der Waals surface area contributed by atoms with Crippen LogP contribution in [0, 0.1) is 0 Å². The Bertz CT molecular complexity index is 748. The summed E-state index contributed by atoms with van der Waals surface area (Å²) >= 11 is 0. The lowest BCUT2D eigenvalue weighted by Gasteiger charge is -2.32. The molecule has 3 aromatic rings. The maximum absolute atomic E-state index is 4.10. The van der Waals surface area contributed by atoms with Crippen LogP contribution >= 0.6 is 0 Å². The molecular weight excluding hydrogens is 294 g/mol. The molecule has 2 heterocycles. The van der Waals surface area contributed by atoms with Crippen LogP contribution in [0.3, 0.4) is 0 Å². The summed E-state index contributed by atoms with van der Waals surface area (Å²) in [5.74, 6) is 0.588. The molecule has 1 aliphatic heterocycles. The molecule has 24 heavy (non-hydrogen) atoms. The first kappa shape index (κ1) is 15.2. The summed E-state index contributed by atoms with van der Waals surface area (Å²) in [7, 11) is 0. The van der Waals surface area contributed by atoms with E-state index in [1.165, 1.54) is 41.8 Å². The molecule has 2 aromatic carbocycles. The fourth-order valence-electron chi connectivity index (χ4n) is 3.64. The molecule has 0 aliphatic carbocycles. The number of hydrogen-bond acceptors (Lipinski definition) is 2.